The molecule has 0 aliphatic carbocycles. The third kappa shape index (κ3) is 6.28. The number of benzene rings is 2. The van der Waals surface area contributed by atoms with Gasteiger partial charge in [0.05, 0.1) is 16.8 Å². The van der Waals surface area contributed by atoms with E-state index in [9.17, 15) is 8.42 Å². The predicted octanol–water partition coefficient (Wildman–Crippen LogP) is 2.15. The van der Waals surface area contributed by atoms with Gasteiger partial charge in [0.2, 0.25) is 10.0 Å². The number of aryl methyl sites for hydroxylation is 2. The lowest BCUT2D eigenvalue weighted by Crippen LogP contribution is -2.37. The van der Waals surface area contributed by atoms with Gasteiger partial charge < -0.3 is 15.2 Å². The van der Waals surface area contributed by atoms with Gasteiger partial charge in [-0.1, -0.05) is 36.4 Å². The first-order valence-corrected chi connectivity index (χ1v) is 11.9. The Labute approximate surface area is 183 Å². The normalized spacial score (nSPS) is 12.3. The second-order valence-electron chi connectivity index (χ2n) is 7.29. The first-order chi connectivity index (χ1) is 14.9. The topological polar surface area (TPSA) is 100 Å². The molecular formula is C22H30N6O2S. The number of hydrogen-bond acceptors (Lipinski definition) is 4. The fourth-order valence-electron chi connectivity index (χ4n) is 3.37. The Morgan fingerprint density at radius 1 is 1.06 bits per heavy atom. The first kappa shape index (κ1) is 22.8. The van der Waals surface area contributed by atoms with Gasteiger partial charge in [-0.3, -0.25) is 4.99 Å². The van der Waals surface area contributed by atoms with Crippen molar-refractivity contribution in [2.45, 2.75) is 32.2 Å². The number of aromatic nitrogens is 2. The molecular weight excluding hydrogens is 412 g/mol. The molecule has 2 aromatic carbocycles. The Balaban J connectivity index is 1.45. The number of sulfonamides is 1. The Hall–Kier alpha value is -2.91. The standard InChI is InChI=1S/C22H30N6O2S/c1-17-27-20-7-4-5-8-21(20)28(17)14-6-13-25-22(23-2)26-15-18-9-11-19(12-10-18)16-31(29,30)24-3/h4-5,7-12,24H,6,13-16H2,1-3H3,(H2,23,25,26). The van der Waals surface area contributed by atoms with E-state index in [1.165, 1.54) is 7.05 Å². The number of fused-ring (bicyclic) bond motifs is 1. The number of nitrogens with zero attached hydrogens (tertiary/aromatic N) is 3. The summed E-state index contributed by atoms with van der Waals surface area (Å²) in [5, 5.41) is 6.63. The molecule has 0 unspecified atom stereocenters. The Morgan fingerprint density at radius 3 is 2.48 bits per heavy atom. The highest BCUT2D eigenvalue weighted by Gasteiger charge is 2.09. The Bertz CT molecular complexity index is 1140. The van der Waals surface area contributed by atoms with E-state index in [1.54, 1.807) is 7.05 Å². The van der Waals surface area contributed by atoms with E-state index >= 15 is 0 Å². The minimum absolute atomic E-state index is 0.0217. The average Bonchev–Trinajstić information content (AvgIpc) is 3.09. The molecule has 1 aromatic heterocycles. The summed E-state index contributed by atoms with van der Waals surface area (Å²) in [5.74, 6) is 1.73. The van der Waals surface area contributed by atoms with Gasteiger partial charge in [0, 0.05) is 26.7 Å². The zero-order valence-electron chi connectivity index (χ0n) is 18.2. The summed E-state index contributed by atoms with van der Waals surface area (Å²) in [6.07, 6.45) is 0.941. The van der Waals surface area contributed by atoms with Crippen LogP contribution in [0, 0.1) is 6.92 Å². The molecule has 0 bridgehead atoms. The molecule has 0 aliphatic rings. The van der Waals surface area contributed by atoms with Gasteiger partial charge in [0.25, 0.3) is 0 Å². The summed E-state index contributed by atoms with van der Waals surface area (Å²) in [4.78, 5) is 8.88. The van der Waals surface area contributed by atoms with Gasteiger partial charge in [-0.25, -0.2) is 18.1 Å². The zero-order chi connectivity index (χ0) is 22.3. The highest BCUT2D eigenvalue weighted by Crippen LogP contribution is 2.15. The molecule has 3 N–H and O–H groups in total. The van der Waals surface area contributed by atoms with Crippen LogP contribution in [0.2, 0.25) is 0 Å². The fraction of sp³-hybridized carbons (Fsp3) is 0.364. The monoisotopic (exact) mass is 442 g/mol. The summed E-state index contributed by atoms with van der Waals surface area (Å²) in [7, 11) is -0.0934. The van der Waals surface area contributed by atoms with Gasteiger partial charge >= 0.3 is 0 Å². The van der Waals surface area contributed by atoms with Gasteiger partial charge in [0.1, 0.15) is 5.82 Å². The van der Waals surface area contributed by atoms with Crippen LogP contribution in [0.5, 0.6) is 0 Å². The third-order valence-electron chi connectivity index (χ3n) is 5.07. The molecule has 0 amide bonds. The van der Waals surface area contributed by atoms with Crippen LogP contribution in [-0.2, 0) is 28.9 Å². The van der Waals surface area contributed by atoms with E-state index < -0.39 is 10.0 Å². The van der Waals surface area contributed by atoms with Crippen molar-refractivity contribution in [2.75, 3.05) is 20.6 Å². The summed E-state index contributed by atoms with van der Waals surface area (Å²) in [6.45, 7) is 4.30. The lowest BCUT2D eigenvalue weighted by molar-refractivity contribution is 0.587. The summed E-state index contributed by atoms with van der Waals surface area (Å²) < 4.78 is 27.8. The van der Waals surface area contributed by atoms with E-state index in [0.29, 0.717) is 6.54 Å². The molecule has 3 aromatic rings. The number of hydrogen-bond donors (Lipinski definition) is 3. The molecule has 166 valence electrons. The summed E-state index contributed by atoms with van der Waals surface area (Å²) in [5.41, 5.74) is 3.99. The lowest BCUT2D eigenvalue weighted by Gasteiger charge is -2.13. The van der Waals surface area contributed by atoms with Crippen LogP contribution in [-0.4, -0.2) is 44.6 Å². The maximum Gasteiger partial charge on any atom is 0.215 e. The first-order valence-electron chi connectivity index (χ1n) is 10.3. The number of guanidine groups is 1. The van der Waals surface area contributed by atoms with Crippen LogP contribution in [0.3, 0.4) is 0 Å². The number of rotatable bonds is 9. The zero-order valence-corrected chi connectivity index (χ0v) is 19.0. The molecule has 9 heteroatoms. The van der Waals surface area contributed by atoms with Gasteiger partial charge in [-0.2, -0.15) is 0 Å². The second kappa shape index (κ2) is 10.4. The Kier molecular flexibility index (Phi) is 7.64. The number of imidazole rings is 1. The smallest absolute Gasteiger partial charge is 0.215 e. The van der Waals surface area contributed by atoms with Crippen LogP contribution in [0.15, 0.2) is 53.5 Å². The Morgan fingerprint density at radius 2 is 1.77 bits per heavy atom. The maximum atomic E-state index is 11.6. The molecule has 3 rings (SSSR count). The van der Waals surface area contributed by atoms with Crippen molar-refractivity contribution in [3.05, 3.63) is 65.5 Å². The van der Waals surface area contributed by atoms with Crippen molar-refractivity contribution < 1.29 is 8.42 Å². The molecule has 0 radical (unpaired) electrons. The molecule has 0 saturated carbocycles. The van der Waals surface area contributed by atoms with Crippen molar-refractivity contribution in [3.8, 4) is 0 Å². The molecule has 1 heterocycles. The summed E-state index contributed by atoms with van der Waals surface area (Å²) >= 11 is 0. The van der Waals surface area contributed by atoms with Crippen molar-refractivity contribution in [2.24, 2.45) is 4.99 Å². The molecule has 0 saturated heterocycles. The molecule has 0 aliphatic heterocycles. The number of nitrogens with one attached hydrogen (secondary N) is 3. The van der Waals surface area contributed by atoms with Crippen molar-refractivity contribution in [3.63, 3.8) is 0 Å². The second-order valence-corrected chi connectivity index (χ2v) is 9.21. The van der Waals surface area contributed by atoms with E-state index in [4.69, 9.17) is 0 Å². The van der Waals surface area contributed by atoms with E-state index in [0.717, 1.165) is 53.5 Å². The fourth-order valence-corrected chi connectivity index (χ4v) is 4.15. The predicted molar refractivity (Wildman–Crippen MR) is 125 cm³/mol. The molecule has 8 nitrogen and oxygen atoms in total. The number of para-hydroxylation sites is 2. The van der Waals surface area contributed by atoms with Crippen LogP contribution < -0.4 is 15.4 Å². The van der Waals surface area contributed by atoms with Gasteiger partial charge in [-0.15, -0.1) is 0 Å². The van der Waals surface area contributed by atoms with E-state index in [2.05, 4.69) is 36.0 Å². The maximum absolute atomic E-state index is 11.6. The van der Waals surface area contributed by atoms with E-state index in [1.807, 2.05) is 49.4 Å². The van der Waals surface area contributed by atoms with Crippen LogP contribution >= 0.6 is 0 Å². The quantitative estimate of drug-likeness (QED) is 0.268. The third-order valence-corrected chi connectivity index (χ3v) is 6.41. The highest BCUT2D eigenvalue weighted by atomic mass is 32.2. The minimum atomic E-state index is -3.26. The molecule has 0 spiro atoms. The highest BCUT2D eigenvalue weighted by molar-refractivity contribution is 7.88. The van der Waals surface area contributed by atoms with Crippen molar-refractivity contribution in [1.82, 2.24) is 24.9 Å². The largest absolute Gasteiger partial charge is 0.356 e. The van der Waals surface area contributed by atoms with Gasteiger partial charge in [-0.05, 0) is 43.7 Å². The van der Waals surface area contributed by atoms with E-state index in [-0.39, 0.29) is 5.75 Å². The molecule has 0 atom stereocenters. The summed E-state index contributed by atoms with van der Waals surface area (Å²) in [6, 6.07) is 15.7. The van der Waals surface area contributed by atoms with Crippen molar-refractivity contribution >= 4 is 27.0 Å². The average molecular weight is 443 g/mol. The number of aliphatic imine (C=N–C) groups is 1. The van der Waals surface area contributed by atoms with Crippen LogP contribution in [0.25, 0.3) is 11.0 Å². The molecule has 31 heavy (non-hydrogen) atoms. The van der Waals surface area contributed by atoms with Crippen LogP contribution in [0.4, 0.5) is 0 Å². The van der Waals surface area contributed by atoms with Crippen LogP contribution in [0.1, 0.15) is 23.4 Å². The minimum Gasteiger partial charge on any atom is -0.356 e. The van der Waals surface area contributed by atoms with Gasteiger partial charge in [0.15, 0.2) is 5.96 Å². The molecule has 0 fully saturated rings. The lowest BCUT2D eigenvalue weighted by atomic mass is 10.1. The SMILES string of the molecule is CN=C(NCCCn1c(C)nc2ccccc21)NCc1ccc(CS(=O)(=O)NC)cc1. The van der Waals surface area contributed by atoms with Crippen molar-refractivity contribution in [1.29, 1.82) is 0 Å².